The lowest BCUT2D eigenvalue weighted by Gasteiger charge is -2.20. The summed E-state index contributed by atoms with van der Waals surface area (Å²) in [5.74, 6) is -0.778. The largest absolute Gasteiger partial charge is 0.493 e. The number of benzene rings is 2. The number of aromatic hydroxyl groups is 1. The predicted molar refractivity (Wildman–Crippen MR) is 124 cm³/mol. The molecule has 1 amide bonds. The Kier molecular flexibility index (Phi) is 6.88. The summed E-state index contributed by atoms with van der Waals surface area (Å²) in [5.41, 5.74) is 2.76. The summed E-state index contributed by atoms with van der Waals surface area (Å²) in [6.45, 7) is 0. The van der Waals surface area contributed by atoms with Crippen LogP contribution < -0.4 is 5.32 Å². The highest BCUT2D eigenvalue weighted by Crippen LogP contribution is 2.27. The molecule has 0 fully saturated rings. The van der Waals surface area contributed by atoms with E-state index in [2.05, 4.69) is 20.3 Å². The second kappa shape index (κ2) is 10.2. The maximum absolute atomic E-state index is 13.0. The first kappa shape index (κ1) is 22.3. The number of nitrogens with one attached hydrogen (secondary N) is 1. The van der Waals surface area contributed by atoms with Crippen molar-refractivity contribution in [3.05, 3.63) is 107 Å². The second-order valence-corrected chi connectivity index (χ2v) is 8.42. The summed E-state index contributed by atoms with van der Waals surface area (Å²) < 4.78 is 11.1. The average Bonchev–Trinajstić information content (AvgIpc) is 2.84. The SMILES string of the molecule is O=C(NC(c1ccccc1)c1ccc(C[PH](=O)O)cc1)c1cnc(-c2ccccn2)nc1O. The summed E-state index contributed by atoms with van der Waals surface area (Å²) in [6, 6.07) is 21.2. The molecule has 2 unspecified atom stereocenters. The minimum absolute atomic E-state index is 0.0638. The number of carbonyl (C=O) groups excluding carboxylic acids is 1. The number of hydrogen-bond acceptors (Lipinski definition) is 6. The third-order valence-corrected chi connectivity index (χ3v) is 5.69. The highest BCUT2D eigenvalue weighted by molar-refractivity contribution is 7.37. The molecule has 166 valence electrons. The van der Waals surface area contributed by atoms with E-state index in [1.54, 1.807) is 48.7 Å². The van der Waals surface area contributed by atoms with E-state index < -0.39 is 25.9 Å². The van der Waals surface area contributed by atoms with Gasteiger partial charge in [-0.1, -0.05) is 60.7 Å². The van der Waals surface area contributed by atoms with Crippen molar-refractivity contribution < 1.29 is 19.4 Å². The van der Waals surface area contributed by atoms with E-state index >= 15 is 0 Å². The molecule has 9 heteroatoms. The fourth-order valence-corrected chi connectivity index (χ4v) is 3.95. The zero-order valence-corrected chi connectivity index (χ0v) is 18.4. The van der Waals surface area contributed by atoms with Gasteiger partial charge in [0.05, 0.1) is 6.04 Å². The Hall–Kier alpha value is -3.87. The van der Waals surface area contributed by atoms with Gasteiger partial charge in [-0.2, -0.15) is 4.98 Å². The molecular weight excluding hydrogens is 439 g/mol. The first-order valence-electron chi connectivity index (χ1n) is 10.1. The third-order valence-electron chi connectivity index (χ3n) is 4.98. The second-order valence-electron chi connectivity index (χ2n) is 7.28. The van der Waals surface area contributed by atoms with Gasteiger partial charge in [0.2, 0.25) is 5.88 Å². The van der Waals surface area contributed by atoms with Gasteiger partial charge in [-0.15, -0.1) is 0 Å². The van der Waals surface area contributed by atoms with Crippen LogP contribution in [0.1, 0.15) is 33.1 Å². The van der Waals surface area contributed by atoms with Crippen LogP contribution in [0.25, 0.3) is 11.5 Å². The van der Waals surface area contributed by atoms with Gasteiger partial charge in [0, 0.05) is 18.6 Å². The molecule has 0 saturated carbocycles. The molecule has 0 aliphatic heterocycles. The number of hydrogen-bond donors (Lipinski definition) is 3. The molecule has 3 N–H and O–H groups in total. The molecule has 4 aromatic rings. The van der Waals surface area contributed by atoms with Crippen LogP contribution in [0.15, 0.2) is 85.2 Å². The number of amides is 1. The molecular formula is C24H21N4O4P. The summed E-state index contributed by atoms with van der Waals surface area (Å²) in [5, 5.41) is 13.3. The maximum Gasteiger partial charge on any atom is 0.259 e. The lowest BCUT2D eigenvalue weighted by atomic mass is 9.97. The molecule has 0 aliphatic carbocycles. The number of pyridine rings is 1. The first-order valence-corrected chi connectivity index (χ1v) is 11.7. The summed E-state index contributed by atoms with van der Waals surface area (Å²) in [4.78, 5) is 34.6. The Labute approximate surface area is 190 Å². The van der Waals surface area contributed by atoms with Gasteiger partial charge >= 0.3 is 0 Å². The zero-order chi connectivity index (χ0) is 23.2. The van der Waals surface area contributed by atoms with Gasteiger partial charge in [-0.3, -0.25) is 14.3 Å². The van der Waals surface area contributed by atoms with E-state index in [9.17, 15) is 19.4 Å². The van der Waals surface area contributed by atoms with Crippen LogP contribution in [-0.4, -0.2) is 30.9 Å². The first-order chi connectivity index (χ1) is 16.0. The number of nitrogens with zero attached hydrogens (tertiary/aromatic N) is 3. The van der Waals surface area contributed by atoms with Crippen LogP contribution in [0.5, 0.6) is 5.88 Å². The highest BCUT2D eigenvalue weighted by atomic mass is 31.1. The normalized spacial score (nSPS) is 12.6. The molecule has 0 radical (unpaired) electrons. The van der Waals surface area contributed by atoms with Crippen LogP contribution in [0.3, 0.4) is 0 Å². The van der Waals surface area contributed by atoms with Crippen molar-refractivity contribution in [2.45, 2.75) is 12.2 Å². The molecule has 2 atom stereocenters. The lowest BCUT2D eigenvalue weighted by molar-refractivity contribution is 0.0939. The van der Waals surface area contributed by atoms with E-state index in [4.69, 9.17) is 0 Å². The highest BCUT2D eigenvalue weighted by Gasteiger charge is 2.21. The Bertz CT molecular complexity index is 1270. The molecule has 33 heavy (non-hydrogen) atoms. The standard InChI is InChI=1S/C24H21N4O4P/c29-23(19-14-26-22(28-24(19)30)20-8-4-5-13-25-20)27-21(17-6-2-1-3-7-17)18-11-9-16(10-12-18)15-33(31)32/h1-14,21,33H,15H2,(H,27,29)(H,31,32)(H,26,28,30). The summed E-state index contributed by atoms with van der Waals surface area (Å²) in [7, 11) is -2.62. The molecule has 0 saturated heterocycles. The van der Waals surface area contributed by atoms with Crippen LogP contribution in [0.4, 0.5) is 0 Å². The van der Waals surface area contributed by atoms with Crippen LogP contribution in [0, 0.1) is 0 Å². The van der Waals surface area contributed by atoms with Crippen molar-refractivity contribution in [1.29, 1.82) is 0 Å². The Morgan fingerprint density at radius 2 is 1.64 bits per heavy atom. The Morgan fingerprint density at radius 3 is 2.27 bits per heavy atom. The molecule has 0 bridgehead atoms. The average molecular weight is 460 g/mol. The van der Waals surface area contributed by atoms with Crippen molar-refractivity contribution in [3.63, 3.8) is 0 Å². The minimum Gasteiger partial charge on any atom is -0.493 e. The van der Waals surface area contributed by atoms with Gasteiger partial charge in [0.25, 0.3) is 5.91 Å². The van der Waals surface area contributed by atoms with Crippen LogP contribution in [0.2, 0.25) is 0 Å². The van der Waals surface area contributed by atoms with Gasteiger partial charge < -0.3 is 15.3 Å². The molecule has 2 aromatic carbocycles. The van der Waals surface area contributed by atoms with E-state index in [1.165, 1.54) is 6.20 Å². The summed E-state index contributed by atoms with van der Waals surface area (Å²) in [6.07, 6.45) is 2.96. The van der Waals surface area contributed by atoms with Crippen molar-refractivity contribution in [3.8, 4) is 17.4 Å². The fraction of sp³-hybridized carbons (Fsp3) is 0.0833. The van der Waals surface area contributed by atoms with E-state index in [0.717, 1.165) is 16.7 Å². The smallest absolute Gasteiger partial charge is 0.259 e. The van der Waals surface area contributed by atoms with E-state index in [1.807, 2.05) is 30.3 Å². The van der Waals surface area contributed by atoms with Crippen molar-refractivity contribution >= 4 is 13.9 Å². The molecule has 8 nitrogen and oxygen atoms in total. The van der Waals surface area contributed by atoms with Gasteiger partial charge in [0.1, 0.15) is 11.3 Å². The van der Waals surface area contributed by atoms with Crippen molar-refractivity contribution in [2.75, 3.05) is 0 Å². The Balaban J connectivity index is 1.61. The maximum atomic E-state index is 13.0. The summed E-state index contributed by atoms with van der Waals surface area (Å²) >= 11 is 0. The molecule has 4 rings (SSSR count). The van der Waals surface area contributed by atoms with Gasteiger partial charge in [-0.25, -0.2) is 4.98 Å². The molecule has 0 spiro atoms. The van der Waals surface area contributed by atoms with Gasteiger partial charge in [-0.05, 0) is 28.8 Å². The zero-order valence-electron chi connectivity index (χ0n) is 17.4. The fourth-order valence-electron chi connectivity index (χ4n) is 3.37. The number of carbonyl (C=O) groups is 1. The molecule has 0 aliphatic rings. The monoisotopic (exact) mass is 460 g/mol. The van der Waals surface area contributed by atoms with Crippen molar-refractivity contribution in [2.24, 2.45) is 0 Å². The number of rotatable bonds is 7. The van der Waals surface area contributed by atoms with Gasteiger partial charge in [0.15, 0.2) is 13.9 Å². The van der Waals surface area contributed by atoms with E-state index in [0.29, 0.717) is 5.69 Å². The quantitative estimate of drug-likeness (QED) is 0.359. The van der Waals surface area contributed by atoms with Crippen molar-refractivity contribution in [1.82, 2.24) is 20.3 Å². The lowest BCUT2D eigenvalue weighted by Crippen LogP contribution is -2.29. The Morgan fingerprint density at radius 1 is 0.939 bits per heavy atom. The minimum atomic E-state index is -2.62. The predicted octanol–water partition coefficient (Wildman–Crippen LogP) is 3.73. The van der Waals surface area contributed by atoms with Crippen LogP contribution >= 0.6 is 8.03 Å². The third kappa shape index (κ3) is 5.49. The van der Waals surface area contributed by atoms with E-state index in [-0.39, 0.29) is 17.5 Å². The van der Waals surface area contributed by atoms with Crippen LogP contribution in [-0.2, 0) is 10.7 Å². The number of aromatic nitrogens is 3. The molecule has 2 heterocycles. The molecule has 2 aromatic heterocycles. The topological polar surface area (TPSA) is 125 Å².